The second kappa shape index (κ2) is 8.93. The summed E-state index contributed by atoms with van der Waals surface area (Å²) in [5.41, 5.74) is 5.06. The fourth-order valence-electron chi connectivity index (χ4n) is 1.78. The number of rotatable bonds is 6. The van der Waals surface area contributed by atoms with E-state index in [0.717, 1.165) is 10.2 Å². The van der Waals surface area contributed by atoms with Gasteiger partial charge in [-0.25, -0.2) is 0 Å². The van der Waals surface area contributed by atoms with Crippen LogP contribution in [0.1, 0.15) is 17.3 Å². The molecule has 6 nitrogen and oxygen atoms in total. The molecule has 0 saturated heterocycles. The molecule has 0 aliphatic rings. The SMILES string of the molecule is CCOc1ccc(OCC(=O)NNC(=O)c2ccc(Br)cc2)cc1. The fraction of sp³-hybridized carbons (Fsp3) is 0.176. The minimum atomic E-state index is -0.464. The van der Waals surface area contributed by atoms with Crippen LogP contribution in [0.4, 0.5) is 0 Å². The molecule has 2 amide bonds. The molecule has 2 N–H and O–H groups in total. The zero-order valence-corrected chi connectivity index (χ0v) is 14.6. The predicted octanol–water partition coefficient (Wildman–Crippen LogP) is 2.69. The van der Waals surface area contributed by atoms with Crippen molar-refractivity contribution in [2.75, 3.05) is 13.2 Å². The van der Waals surface area contributed by atoms with Gasteiger partial charge in [0.2, 0.25) is 0 Å². The molecule has 0 aliphatic heterocycles. The lowest BCUT2D eigenvalue weighted by Gasteiger charge is -2.09. The van der Waals surface area contributed by atoms with Crippen molar-refractivity contribution in [1.82, 2.24) is 10.9 Å². The second-order valence-corrected chi connectivity index (χ2v) is 5.62. The summed E-state index contributed by atoms with van der Waals surface area (Å²) in [7, 11) is 0. The van der Waals surface area contributed by atoms with Crippen LogP contribution in [-0.2, 0) is 4.79 Å². The molecule has 0 spiro atoms. The normalized spacial score (nSPS) is 9.92. The minimum Gasteiger partial charge on any atom is -0.494 e. The zero-order chi connectivity index (χ0) is 17.4. The van der Waals surface area contributed by atoms with Gasteiger partial charge in [-0.3, -0.25) is 20.4 Å². The Hall–Kier alpha value is -2.54. The summed E-state index contributed by atoms with van der Waals surface area (Å²) in [5.74, 6) is 0.398. The summed E-state index contributed by atoms with van der Waals surface area (Å²) in [6.45, 7) is 2.27. The number of hydrogen-bond acceptors (Lipinski definition) is 4. The molecule has 0 aromatic heterocycles. The van der Waals surface area contributed by atoms with Gasteiger partial charge in [0.15, 0.2) is 6.61 Å². The average Bonchev–Trinajstić information content (AvgIpc) is 2.60. The Morgan fingerprint density at radius 1 is 0.917 bits per heavy atom. The van der Waals surface area contributed by atoms with E-state index >= 15 is 0 Å². The third kappa shape index (κ3) is 5.58. The van der Waals surface area contributed by atoms with E-state index in [1.165, 1.54) is 0 Å². The van der Waals surface area contributed by atoms with Crippen molar-refractivity contribution in [3.8, 4) is 11.5 Å². The van der Waals surface area contributed by atoms with Gasteiger partial charge < -0.3 is 9.47 Å². The van der Waals surface area contributed by atoms with Crippen molar-refractivity contribution in [3.05, 3.63) is 58.6 Å². The Balaban J connectivity index is 1.74. The maximum absolute atomic E-state index is 11.8. The summed E-state index contributed by atoms with van der Waals surface area (Å²) in [5, 5.41) is 0. The number of nitrogens with one attached hydrogen (secondary N) is 2. The van der Waals surface area contributed by atoms with Gasteiger partial charge in [0.25, 0.3) is 11.8 Å². The maximum atomic E-state index is 11.8. The lowest BCUT2D eigenvalue weighted by Crippen LogP contribution is -2.43. The molecule has 0 atom stereocenters. The molecule has 2 aromatic rings. The van der Waals surface area contributed by atoms with Crippen LogP contribution in [0.3, 0.4) is 0 Å². The van der Waals surface area contributed by atoms with E-state index in [4.69, 9.17) is 9.47 Å². The molecule has 126 valence electrons. The molecule has 2 aromatic carbocycles. The van der Waals surface area contributed by atoms with Crippen LogP contribution in [0.5, 0.6) is 11.5 Å². The van der Waals surface area contributed by atoms with Crippen molar-refractivity contribution in [1.29, 1.82) is 0 Å². The molecule has 0 aliphatic carbocycles. The predicted molar refractivity (Wildman–Crippen MR) is 92.9 cm³/mol. The molecular weight excluding hydrogens is 376 g/mol. The van der Waals surface area contributed by atoms with Gasteiger partial charge >= 0.3 is 0 Å². The highest BCUT2D eigenvalue weighted by atomic mass is 79.9. The first-order valence-corrected chi connectivity index (χ1v) is 8.08. The summed E-state index contributed by atoms with van der Waals surface area (Å²) in [4.78, 5) is 23.5. The van der Waals surface area contributed by atoms with Gasteiger partial charge in [0.1, 0.15) is 11.5 Å². The summed E-state index contributed by atoms with van der Waals surface area (Å²) >= 11 is 3.29. The van der Waals surface area contributed by atoms with Crippen molar-refractivity contribution < 1.29 is 19.1 Å². The first-order valence-electron chi connectivity index (χ1n) is 7.29. The van der Waals surface area contributed by atoms with Gasteiger partial charge in [0, 0.05) is 10.0 Å². The number of amides is 2. The largest absolute Gasteiger partial charge is 0.494 e. The maximum Gasteiger partial charge on any atom is 0.276 e. The van der Waals surface area contributed by atoms with Crippen LogP contribution in [0.25, 0.3) is 0 Å². The third-order valence-corrected chi connectivity index (χ3v) is 3.46. The number of ether oxygens (including phenoxy) is 2. The molecule has 0 bridgehead atoms. The van der Waals surface area contributed by atoms with Crippen LogP contribution in [-0.4, -0.2) is 25.0 Å². The molecule has 0 radical (unpaired) electrons. The molecule has 7 heteroatoms. The highest BCUT2D eigenvalue weighted by Crippen LogP contribution is 2.17. The standard InChI is InChI=1S/C17H17BrN2O4/c1-2-23-14-7-9-15(10-8-14)24-11-16(21)19-20-17(22)12-3-5-13(18)6-4-12/h3-10H,2,11H2,1H3,(H,19,21)(H,20,22). The zero-order valence-electron chi connectivity index (χ0n) is 13.0. The molecule has 0 saturated carbocycles. The van der Waals surface area contributed by atoms with Gasteiger partial charge in [-0.05, 0) is 55.5 Å². The van der Waals surface area contributed by atoms with E-state index in [1.807, 2.05) is 6.92 Å². The van der Waals surface area contributed by atoms with Gasteiger partial charge in [0.05, 0.1) is 6.61 Å². The number of carbonyl (C=O) groups is 2. The van der Waals surface area contributed by atoms with Crippen LogP contribution >= 0.6 is 15.9 Å². The van der Waals surface area contributed by atoms with E-state index in [2.05, 4.69) is 26.8 Å². The Kier molecular flexibility index (Phi) is 6.62. The van der Waals surface area contributed by atoms with Crippen molar-refractivity contribution in [3.63, 3.8) is 0 Å². The van der Waals surface area contributed by atoms with Crippen LogP contribution in [0.2, 0.25) is 0 Å². The number of benzene rings is 2. The van der Waals surface area contributed by atoms with E-state index in [-0.39, 0.29) is 6.61 Å². The Morgan fingerprint density at radius 3 is 2.08 bits per heavy atom. The van der Waals surface area contributed by atoms with E-state index in [1.54, 1.807) is 48.5 Å². The van der Waals surface area contributed by atoms with Gasteiger partial charge in [-0.1, -0.05) is 15.9 Å². The molecule has 0 unspecified atom stereocenters. The summed E-state index contributed by atoms with van der Waals surface area (Å²) in [6, 6.07) is 13.7. The summed E-state index contributed by atoms with van der Waals surface area (Å²) < 4.78 is 11.5. The highest BCUT2D eigenvalue weighted by molar-refractivity contribution is 9.10. The quantitative estimate of drug-likeness (QED) is 0.740. The first-order chi connectivity index (χ1) is 11.6. The number of hydrazine groups is 1. The lowest BCUT2D eigenvalue weighted by atomic mass is 10.2. The number of halogens is 1. The fourth-order valence-corrected chi connectivity index (χ4v) is 2.05. The topological polar surface area (TPSA) is 76.7 Å². The van der Waals surface area contributed by atoms with E-state index in [9.17, 15) is 9.59 Å². The smallest absolute Gasteiger partial charge is 0.276 e. The lowest BCUT2D eigenvalue weighted by molar-refractivity contribution is -0.123. The third-order valence-electron chi connectivity index (χ3n) is 2.93. The van der Waals surface area contributed by atoms with E-state index < -0.39 is 11.8 Å². The number of hydrogen-bond donors (Lipinski definition) is 2. The second-order valence-electron chi connectivity index (χ2n) is 4.70. The van der Waals surface area contributed by atoms with Gasteiger partial charge in [-0.15, -0.1) is 0 Å². The average molecular weight is 393 g/mol. The Bertz CT molecular complexity index is 687. The molecule has 24 heavy (non-hydrogen) atoms. The van der Waals surface area contributed by atoms with E-state index in [0.29, 0.717) is 17.9 Å². The monoisotopic (exact) mass is 392 g/mol. The Labute approximate surface area is 148 Å². The molecule has 2 rings (SSSR count). The number of carbonyl (C=O) groups excluding carboxylic acids is 2. The highest BCUT2D eigenvalue weighted by Gasteiger charge is 2.08. The van der Waals surface area contributed by atoms with Crippen molar-refractivity contribution in [2.45, 2.75) is 6.92 Å². The van der Waals surface area contributed by atoms with Crippen LogP contribution in [0, 0.1) is 0 Å². The van der Waals surface area contributed by atoms with Crippen LogP contribution in [0.15, 0.2) is 53.0 Å². The van der Waals surface area contributed by atoms with Crippen LogP contribution < -0.4 is 20.3 Å². The van der Waals surface area contributed by atoms with Crippen molar-refractivity contribution in [2.24, 2.45) is 0 Å². The minimum absolute atomic E-state index is 0.214. The molecule has 0 heterocycles. The molecular formula is C17H17BrN2O4. The Morgan fingerprint density at radius 2 is 1.50 bits per heavy atom. The molecule has 0 fully saturated rings. The first kappa shape index (κ1) is 17.8. The van der Waals surface area contributed by atoms with Crippen molar-refractivity contribution >= 4 is 27.7 Å². The summed E-state index contributed by atoms with van der Waals surface area (Å²) in [6.07, 6.45) is 0. The van der Waals surface area contributed by atoms with Gasteiger partial charge in [-0.2, -0.15) is 0 Å².